The van der Waals surface area contributed by atoms with Crippen molar-refractivity contribution < 1.29 is 4.79 Å². The lowest BCUT2D eigenvalue weighted by Crippen LogP contribution is -2.40. The minimum atomic E-state index is -0.0370. The maximum absolute atomic E-state index is 11.3. The van der Waals surface area contributed by atoms with E-state index >= 15 is 0 Å². The molecule has 6 nitrogen and oxygen atoms in total. The minimum absolute atomic E-state index is 0. The van der Waals surface area contributed by atoms with E-state index in [0.29, 0.717) is 5.92 Å². The number of carbonyl (C=O) groups is 1. The molecule has 2 aliphatic rings. The highest BCUT2D eigenvalue weighted by Gasteiger charge is 2.26. The van der Waals surface area contributed by atoms with Crippen molar-refractivity contribution in [3.63, 3.8) is 0 Å². The first-order chi connectivity index (χ1) is 10.7. The lowest BCUT2D eigenvalue weighted by atomic mass is 9.91. The highest BCUT2D eigenvalue weighted by atomic mass is 35.5. The average Bonchev–Trinajstić information content (AvgIpc) is 2.96. The number of rotatable bonds is 4. The summed E-state index contributed by atoms with van der Waals surface area (Å²) in [6.07, 6.45) is 6.69. The summed E-state index contributed by atoms with van der Waals surface area (Å²) in [7, 11) is 0. The summed E-state index contributed by atoms with van der Waals surface area (Å²) in [5, 5.41) is 13.6. The molecular formula is C16H28ClN5O. The second kappa shape index (κ2) is 8.66. The number of amides is 1. The molecule has 1 atom stereocenters. The molecule has 0 saturated carbocycles. The number of hydrogen-bond donors (Lipinski definition) is 3. The first kappa shape index (κ1) is 18.2. The van der Waals surface area contributed by atoms with E-state index < -0.39 is 0 Å². The van der Waals surface area contributed by atoms with Crippen LogP contribution in [0.25, 0.3) is 0 Å². The van der Waals surface area contributed by atoms with E-state index in [1.54, 1.807) is 13.1 Å². The van der Waals surface area contributed by atoms with Gasteiger partial charge in [-0.25, -0.2) is 0 Å². The van der Waals surface area contributed by atoms with Crippen LogP contribution in [0.1, 0.15) is 44.2 Å². The molecule has 23 heavy (non-hydrogen) atoms. The van der Waals surface area contributed by atoms with Crippen LogP contribution in [-0.2, 0) is 4.79 Å². The Hall–Kier alpha value is -1.11. The Morgan fingerprint density at radius 2 is 2.17 bits per heavy atom. The van der Waals surface area contributed by atoms with E-state index in [0.717, 1.165) is 43.4 Å². The fraction of sp³-hybridized carbons (Fsp3) is 0.750. The molecule has 0 radical (unpaired) electrons. The third-order valence-corrected chi connectivity index (χ3v) is 4.87. The Balaban J connectivity index is 0.00000192. The Kier molecular flexibility index (Phi) is 6.87. The predicted molar refractivity (Wildman–Crippen MR) is 94.1 cm³/mol. The summed E-state index contributed by atoms with van der Waals surface area (Å²) in [6, 6.07) is 0. The number of H-pyrrole nitrogens is 1. The van der Waals surface area contributed by atoms with Crippen LogP contribution in [0.5, 0.6) is 0 Å². The molecule has 1 aromatic rings. The minimum Gasteiger partial charge on any atom is -0.323 e. The first-order valence-electron chi connectivity index (χ1n) is 8.46. The second-order valence-corrected chi connectivity index (χ2v) is 6.67. The Labute approximate surface area is 144 Å². The molecule has 1 unspecified atom stereocenters. The Morgan fingerprint density at radius 3 is 2.91 bits per heavy atom. The average molecular weight is 342 g/mol. The number of halogens is 1. The van der Waals surface area contributed by atoms with Crippen molar-refractivity contribution >= 4 is 24.0 Å². The maximum atomic E-state index is 11.3. The maximum Gasteiger partial charge on any atom is 0.221 e. The van der Waals surface area contributed by atoms with Gasteiger partial charge in [-0.05, 0) is 51.2 Å². The zero-order valence-electron chi connectivity index (χ0n) is 13.8. The molecule has 2 saturated heterocycles. The van der Waals surface area contributed by atoms with Gasteiger partial charge in [-0.15, -0.1) is 12.4 Å². The van der Waals surface area contributed by atoms with Gasteiger partial charge in [0.2, 0.25) is 5.91 Å². The number of carbonyl (C=O) groups excluding carboxylic acids is 1. The molecule has 2 aliphatic heterocycles. The molecule has 0 aliphatic carbocycles. The van der Waals surface area contributed by atoms with E-state index in [1.165, 1.54) is 32.4 Å². The van der Waals surface area contributed by atoms with Crippen LogP contribution in [0, 0.1) is 5.92 Å². The van der Waals surface area contributed by atoms with Gasteiger partial charge in [0.1, 0.15) is 0 Å². The van der Waals surface area contributed by atoms with Gasteiger partial charge in [0, 0.05) is 25.9 Å². The van der Waals surface area contributed by atoms with Gasteiger partial charge in [-0.3, -0.25) is 9.89 Å². The van der Waals surface area contributed by atoms with Crippen LogP contribution >= 0.6 is 12.4 Å². The fourth-order valence-corrected chi connectivity index (χ4v) is 3.78. The normalized spacial score (nSPS) is 23.3. The van der Waals surface area contributed by atoms with Crippen LogP contribution in [0.4, 0.5) is 5.69 Å². The van der Waals surface area contributed by atoms with Crippen LogP contribution in [0.15, 0.2) is 6.20 Å². The summed E-state index contributed by atoms with van der Waals surface area (Å²) in [5.41, 5.74) is 1.94. The molecule has 0 bridgehead atoms. The van der Waals surface area contributed by atoms with Gasteiger partial charge in [0.05, 0.1) is 17.6 Å². The highest BCUT2D eigenvalue weighted by Crippen LogP contribution is 2.31. The Bertz CT molecular complexity index is 500. The van der Waals surface area contributed by atoms with Crippen molar-refractivity contribution in [2.45, 2.75) is 38.5 Å². The zero-order valence-corrected chi connectivity index (χ0v) is 14.6. The van der Waals surface area contributed by atoms with Crippen LogP contribution < -0.4 is 10.6 Å². The topological polar surface area (TPSA) is 73.0 Å². The van der Waals surface area contributed by atoms with Gasteiger partial charge in [0.15, 0.2) is 0 Å². The Morgan fingerprint density at radius 1 is 1.39 bits per heavy atom. The first-order valence-corrected chi connectivity index (χ1v) is 8.46. The summed E-state index contributed by atoms with van der Waals surface area (Å²) in [5.74, 6) is 1.24. The van der Waals surface area contributed by atoms with E-state index in [1.807, 2.05) is 0 Å². The SMILES string of the molecule is CC(=O)Nc1cn[nH]c1C1CCCN(CC2CCNCC2)C1.Cl. The largest absolute Gasteiger partial charge is 0.323 e. The van der Waals surface area contributed by atoms with E-state index in [9.17, 15) is 4.79 Å². The smallest absolute Gasteiger partial charge is 0.221 e. The number of hydrogen-bond acceptors (Lipinski definition) is 4. The lowest BCUT2D eigenvalue weighted by Gasteiger charge is -2.36. The molecule has 1 amide bonds. The lowest BCUT2D eigenvalue weighted by molar-refractivity contribution is -0.114. The monoisotopic (exact) mass is 341 g/mol. The highest BCUT2D eigenvalue weighted by molar-refractivity contribution is 5.89. The molecule has 0 aromatic carbocycles. The van der Waals surface area contributed by atoms with Crippen LogP contribution in [0.3, 0.4) is 0 Å². The molecule has 130 valence electrons. The third kappa shape index (κ3) is 4.93. The summed E-state index contributed by atoms with van der Waals surface area (Å²) < 4.78 is 0. The standard InChI is InChI=1S/C16H27N5O.ClH/c1-12(22)19-15-9-18-20-16(15)14-3-2-8-21(11-14)10-13-4-6-17-7-5-13;/h9,13-14,17H,2-8,10-11H2,1H3,(H,18,20)(H,19,22);1H. The number of piperidine rings is 2. The molecule has 3 N–H and O–H groups in total. The number of aromatic nitrogens is 2. The molecule has 3 rings (SSSR count). The second-order valence-electron chi connectivity index (χ2n) is 6.67. The van der Waals surface area contributed by atoms with Gasteiger partial charge in [0.25, 0.3) is 0 Å². The summed E-state index contributed by atoms with van der Waals surface area (Å²) >= 11 is 0. The molecule has 7 heteroatoms. The number of aromatic amines is 1. The van der Waals surface area contributed by atoms with E-state index in [-0.39, 0.29) is 18.3 Å². The van der Waals surface area contributed by atoms with E-state index in [4.69, 9.17) is 0 Å². The fourth-order valence-electron chi connectivity index (χ4n) is 3.78. The number of nitrogens with one attached hydrogen (secondary N) is 3. The number of nitrogens with zero attached hydrogens (tertiary/aromatic N) is 2. The van der Waals surface area contributed by atoms with Gasteiger partial charge >= 0.3 is 0 Å². The molecule has 0 spiro atoms. The zero-order chi connectivity index (χ0) is 15.4. The number of likely N-dealkylation sites (tertiary alicyclic amines) is 1. The van der Waals surface area contributed by atoms with Crippen molar-refractivity contribution in [3.05, 3.63) is 11.9 Å². The summed E-state index contributed by atoms with van der Waals surface area (Å²) in [4.78, 5) is 13.9. The van der Waals surface area contributed by atoms with Crippen LogP contribution in [-0.4, -0.2) is 53.7 Å². The van der Waals surface area contributed by atoms with Crippen molar-refractivity contribution in [3.8, 4) is 0 Å². The predicted octanol–water partition coefficient (Wildman–Crippen LogP) is 1.97. The van der Waals surface area contributed by atoms with Crippen molar-refractivity contribution in [2.24, 2.45) is 5.92 Å². The van der Waals surface area contributed by atoms with Crippen molar-refractivity contribution in [1.82, 2.24) is 20.4 Å². The quantitative estimate of drug-likeness (QED) is 0.783. The van der Waals surface area contributed by atoms with Crippen molar-refractivity contribution in [2.75, 3.05) is 38.0 Å². The van der Waals surface area contributed by atoms with Gasteiger partial charge in [-0.2, -0.15) is 5.10 Å². The van der Waals surface area contributed by atoms with Gasteiger partial charge < -0.3 is 15.5 Å². The molecule has 1 aromatic heterocycles. The summed E-state index contributed by atoms with van der Waals surface area (Å²) in [6.45, 7) is 7.34. The van der Waals surface area contributed by atoms with E-state index in [2.05, 4.69) is 25.7 Å². The van der Waals surface area contributed by atoms with Crippen molar-refractivity contribution in [1.29, 1.82) is 0 Å². The number of anilines is 1. The van der Waals surface area contributed by atoms with Gasteiger partial charge in [-0.1, -0.05) is 0 Å². The van der Waals surface area contributed by atoms with Crippen LogP contribution in [0.2, 0.25) is 0 Å². The molecule has 3 heterocycles. The molecular weight excluding hydrogens is 314 g/mol. The molecule has 2 fully saturated rings. The third-order valence-electron chi connectivity index (χ3n) is 4.87.